The highest BCUT2D eigenvalue weighted by Gasteiger charge is 2.10. The number of nitrogens with one attached hydrogen (secondary N) is 1. The van der Waals surface area contributed by atoms with Crippen molar-refractivity contribution in [3.8, 4) is 0 Å². The van der Waals surface area contributed by atoms with Crippen molar-refractivity contribution < 1.29 is 0 Å². The first kappa shape index (κ1) is 12.0. The largest absolute Gasteiger partial charge is 0.313 e. The zero-order valence-corrected chi connectivity index (χ0v) is 9.35. The number of hydrogen-bond donors (Lipinski definition) is 1. The Hall–Kier alpha value is -0.0400. The molecule has 0 saturated carbocycles. The third-order valence-corrected chi connectivity index (χ3v) is 2.67. The summed E-state index contributed by atoms with van der Waals surface area (Å²) in [6, 6.07) is 0.707. The fraction of sp³-hybridized carbons (Fsp3) is 1.00. The van der Waals surface area contributed by atoms with E-state index in [9.17, 15) is 0 Å². The molecule has 1 heteroatoms. The van der Waals surface area contributed by atoms with Gasteiger partial charge in [-0.1, -0.05) is 41.0 Å². The van der Waals surface area contributed by atoms with Crippen LogP contribution < -0.4 is 5.32 Å². The second kappa shape index (κ2) is 6.47. The van der Waals surface area contributed by atoms with Crippen LogP contribution in [0.25, 0.3) is 0 Å². The van der Waals surface area contributed by atoms with Crippen LogP contribution in [-0.4, -0.2) is 12.6 Å². The van der Waals surface area contributed by atoms with Crippen LogP contribution >= 0.6 is 0 Å². The SMILES string of the molecule is CCC(C)CNC(CC)C(C)C. The van der Waals surface area contributed by atoms with E-state index in [0.717, 1.165) is 11.8 Å². The second-order valence-corrected chi connectivity index (χ2v) is 4.18. The zero-order valence-electron chi connectivity index (χ0n) is 9.35. The summed E-state index contributed by atoms with van der Waals surface area (Å²) in [4.78, 5) is 0. The summed E-state index contributed by atoms with van der Waals surface area (Å²) >= 11 is 0. The molecule has 74 valence electrons. The summed E-state index contributed by atoms with van der Waals surface area (Å²) in [6.45, 7) is 12.6. The van der Waals surface area contributed by atoms with Crippen molar-refractivity contribution in [2.45, 2.75) is 53.5 Å². The average molecular weight is 171 g/mol. The summed E-state index contributed by atoms with van der Waals surface area (Å²) in [7, 11) is 0. The lowest BCUT2D eigenvalue weighted by atomic mass is 10.0. The molecule has 0 amide bonds. The van der Waals surface area contributed by atoms with Crippen LogP contribution in [-0.2, 0) is 0 Å². The Morgan fingerprint density at radius 1 is 1.00 bits per heavy atom. The molecule has 0 saturated heterocycles. The van der Waals surface area contributed by atoms with Gasteiger partial charge in [-0.15, -0.1) is 0 Å². The van der Waals surface area contributed by atoms with E-state index in [0.29, 0.717) is 6.04 Å². The minimum Gasteiger partial charge on any atom is -0.313 e. The monoisotopic (exact) mass is 171 g/mol. The quantitative estimate of drug-likeness (QED) is 0.647. The number of rotatable bonds is 6. The van der Waals surface area contributed by atoms with Crippen molar-refractivity contribution in [2.24, 2.45) is 11.8 Å². The third-order valence-electron chi connectivity index (χ3n) is 2.67. The molecular formula is C11H25N. The molecule has 0 radical (unpaired) electrons. The summed E-state index contributed by atoms with van der Waals surface area (Å²) < 4.78 is 0. The van der Waals surface area contributed by atoms with Gasteiger partial charge in [-0.2, -0.15) is 0 Å². The summed E-state index contributed by atoms with van der Waals surface area (Å²) in [5.41, 5.74) is 0. The Morgan fingerprint density at radius 2 is 1.58 bits per heavy atom. The summed E-state index contributed by atoms with van der Waals surface area (Å²) in [5, 5.41) is 3.62. The van der Waals surface area contributed by atoms with Gasteiger partial charge in [0.15, 0.2) is 0 Å². The molecule has 0 aliphatic heterocycles. The van der Waals surface area contributed by atoms with Gasteiger partial charge in [0.05, 0.1) is 0 Å². The molecule has 0 aromatic rings. The average Bonchev–Trinajstić information content (AvgIpc) is 2.04. The summed E-state index contributed by atoms with van der Waals surface area (Å²) in [6.07, 6.45) is 2.52. The smallest absolute Gasteiger partial charge is 0.00875 e. The molecule has 1 N–H and O–H groups in total. The molecule has 2 unspecified atom stereocenters. The van der Waals surface area contributed by atoms with Gasteiger partial charge in [-0.05, 0) is 24.8 Å². The summed E-state index contributed by atoms with van der Waals surface area (Å²) in [5.74, 6) is 1.58. The van der Waals surface area contributed by atoms with Gasteiger partial charge in [-0.3, -0.25) is 0 Å². The van der Waals surface area contributed by atoms with Crippen LogP contribution in [0.1, 0.15) is 47.5 Å². The lowest BCUT2D eigenvalue weighted by molar-refractivity contribution is 0.358. The minimum absolute atomic E-state index is 0.707. The highest BCUT2D eigenvalue weighted by Crippen LogP contribution is 2.06. The fourth-order valence-electron chi connectivity index (χ4n) is 1.35. The van der Waals surface area contributed by atoms with Crippen molar-refractivity contribution in [2.75, 3.05) is 6.54 Å². The van der Waals surface area contributed by atoms with Crippen LogP contribution in [0.5, 0.6) is 0 Å². The van der Waals surface area contributed by atoms with Crippen molar-refractivity contribution >= 4 is 0 Å². The molecule has 0 aliphatic rings. The molecule has 0 aromatic carbocycles. The van der Waals surface area contributed by atoms with Crippen LogP contribution in [0.15, 0.2) is 0 Å². The molecule has 0 fully saturated rings. The fourth-order valence-corrected chi connectivity index (χ4v) is 1.35. The Morgan fingerprint density at radius 3 is 1.92 bits per heavy atom. The molecule has 1 nitrogen and oxygen atoms in total. The van der Waals surface area contributed by atoms with E-state index in [1.54, 1.807) is 0 Å². The highest BCUT2D eigenvalue weighted by molar-refractivity contribution is 4.69. The zero-order chi connectivity index (χ0) is 9.56. The van der Waals surface area contributed by atoms with Gasteiger partial charge < -0.3 is 5.32 Å². The van der Waals surface area contributed by atoms with Gasteiger partial charge in [0.2, 0.25) is 0 Å². The van der Waals surface area contributed by atoms with E-state index < -0.39 is 0 Å². The van der Waals surface area contributed by atoms with E-state index >= 15 is 0 Å². The van der Waals surface area contributed by atoms with Gasteiger partial charge in [-0.25, -0.2) is 0 Å². The minimum atomic E-state index is 0.707. The van der Waals surface area contributed by atoms with Crippen molar-refractivity contribution in [1.82, 2.24) is 5.32 Å². The molecule has 0 spiro atoms. The molecule has 2 atom stereocenters. The first-order valence-electron chi connectivity index (χ1n) is 5.35. The lowest BCUT2D eigenvalue weighted by Crippen LogP contribution is -2.35. The predicted octanol–water partition coefficient (Wildman–Crippen LogP) is 3.06. The topological polar surface area (TPSA) is 12.0 Å². The molecule has 0 heterocycles. The van der Waals surface area contributed by atoms with E-state index in [1.807, 2.05) is 0 Å². The molecule has 12 heavy (non-hydrogen) atoms. The molecule has 0 rings (SSSR count). The van der Waals surface area contributed by atoms with Crippen molar-refractivity contribution in [1.29, 1.82) is 0 Å². The molecule has 0 bridgehead atoms. The Labute approximate surface area is 77.9 Å². The Kier molecular flexibility index (Phi) is 6.45. The van der Waals surface area contributed by atoms with Gasteiger partial charge >= 0.3 is 0 Å². The molecular weight excluding hydrogens is 146 g/mol. The standard InChI is InChI=1S/C11H25N/c1-6-10(5)8-12-11(7-2)9(3)4/h9-12H,6-8H2,1-5H3. The third kappa shape index (κ3) is 4.76. The van der Waals surface area contributed by atoms with Crippen LogP contribution in [0.4, 0.5) is 0 Å². The molecule has 0 aliphatic carbocycles. The highest BCUT2D eigenvalue weighted by atomic mass is 14.9. The Balaban J connectivity index is 3.58. The van der Waals surface area contributed by atoms with E-state index in [-0.39, 0.29) is 0 Å². The lowest BCUT2D eigenvalue weighted by Gasteiger charge is -2.22. The second-order valence-electron chi connectivity index (χ2n) is 4.18. The van der Waals surface area contributed by atoms with E-state index in [1.165, 1.54) is 19.4 Å². The molecule has 0 aromatic heterocycles. The van der Waals surface area contributed by atoms with Crippen molar-refractivity contribution in [3.63, 3.8) is 0 Å². The van der Waals surface area contributed by atoms with Crippen molar-refractivity contribution in [3.05, 3.63) is 0 Å². The maximum atomic E-state index is 3.62. The first-order valence-corrected chi connectivity index (χ1v) is 5.35. The van der Waals surface area contributed by atoms with Crippen LogP contribution in [0, 0.1) is 11.8 Å². The maximum absolute atomic E-state index is 3.62. The van der Waals surface area contributed by atoms with Crippen LogP contribution in [0.3, 0.4) is 0 Å². The maximum Gasteiger partial charge on any atom is 0.00875 e. The van der Waals surface area contributed by atoms with E-state index in [2.05, 4.69) is 39.9 Å². The van der Waals surface area contributed by atoms with Crippen LogP contribution in [0.2, 0.25) is 0 Å². The predicted molar refractivity (Wildman–Crippen MR) is 56.4 cm³/mol. The van der Waals surface area contributed by atoms with Gasteiger partial charge in [0, 0.05) is 6.04 Å². The normalized spacial score (nSPS) is 16.5. The number of hydrogen-bond acceptors (Lipinski definition) is 1. The Bertz CT molecular complexity index is 99.2. The van der Waals surface area contributed by atoms with E-state index in [4.69, 9.17) is 0 Å². The first-order chi connectivity index (χ1) is 5.61. The van der Waals surface area contributed by atoms with Gasteiger partial charge in [0.1, 0.15) is 0 Å². The van der Waals surface area contributed by atoms with Gasteiger partial charge in [0.25, 0.3) is 0 Å².